The van der Waals surface area contributed by atoms with Gasteiger partial charge >= 0.3 is 5.97 Å². The van der Waals surface area contributed by atoms with Crippen LogP contribution in [-0.2, 0) is 0 Å². The van der Waals surface area contributed by atoms with Crippen molar-refractivity contribution in [2.45, 2.75) is 19.6 Å². The molecule has 4 heteroatoms. The second-order valence-corrected chi connectivity index (χ2v) is 8.75. The Labute approximate surface area is 72.0 Å². The summed E-state index contributed by atoms with van der Waals surface area (Å²) in [5.41, 5.74) is 0.243. The zero-order chi connectivity index (χ0) is 9.35. The molecule has 0 fully saturated rings. The molecule has 0 aromatic carbocycles. The van der Waals surface area contributed by atoms with E-state index >= 15 is 0 Å². The molecule has 0 saturated carbocycles. The Morgan fingerprint density at radius 2 is 2.08 bits per heavy atom. The molecule has 0 saturated heterocycles. The molecule has 0 aliphatic carbocycles. The quantitative estimate of drug-likeness (QED) is 0.709. The Morgan fingerprint density at radius 1 is 1.50 bits per heavy atom. The lowest BCUT2D eigenvalue weighted by Crippen LogP contribution is -2.36. The van der Waals surface area contributed by atoms with E-state index in [-0.39, 0.29) is 5.56 Å². The van der Waals surface area contributed by atoms with Crippen LogP contribution in [0.5, 0.6) is 0 Å². The molecular weight excluding hydrogens is 172 g/mol. The van der Waals surface area contributed by atoms with Gasteiger partial charge in [-0.1, -0.05) is 19.6 Å². The third-order valence-electron chi connectivity index (χ3n) is 1.59. The predicted octanol–water partition coefficient (Wildman–Crippen LogP) is 1.52. The predicted molar refractivity (Wildman–Crippen MR) is 48.6 cm³/mol. The third kappa shape index (κ3) is 1.76. The summed E-state index contributed by atoms with van der Waals surface area (Å²) in [7, 11) is -1.49. The van der Waals surface area contributed by atoms with Gasteiger partial charge in [-0.05, 0) is 6.07 Å². The monoisotopic (exact) mass is 184 g/mol. The Bertz CT molecular complexity index is 295. The van der Waals surface area contributed by atoms with E-state index in [4.69, 9.17) is 9.52 Å². The molecule has 0 atom stereocenters. The number of hydrogen-bond donors (Lipinski definition) is 1. The van der Waals surface area contributed by atoms with Gasteiger partial charge in [0.15, 0.2) is 0 Å². The molecular formula is C8H12O3Si. The summed E-state index contributed by atoms with van der Waals surface area (Å²) in [6.45, 7) is 6.33. The molecule has 0 unspecified atom stereocenters. The Kier molecular flexibility index (Phi) is 2.10. The molecule has 0 amide bonds. The minimum Gasteiger partial charge on any atom is -0.478 e. The first-order chi connectivity index (χ1) is 5.41. The van der Waals surface area contributed by atoms with E-state index in [0.717, 1.165) is 5.38 Å². The van der Waals surface area contributed by atoms with E-state index in [2.05, 4.69) is 19.6 Å². The fraction of sp³-hybridized carbons (Fsp3) is 0.375. The molecule has 0 spiro atoms. The van der Waals surface area contributed by atoms with Crippen LogP contribution in [0.2, 0.25) is 19.6 Å². The van der Waals surface area contributed by atoms with Gasteiger partial charge in [-0.3, -0.25) is 0 Å². The van der Waals surface area contributed by atoms with Gasteiger partial charge in [0.05, 0.1) is 10.9 Å². The second-order valence-electron chi connectivity index (χ2n) is 3.75. The van der Waals surface area contributed by atoms with Crippen molar-refractivity contribution >= 4 is 19.4 Å². The van der Waals surface area contributed by atoms with Crippen molar-refractivity contribution in [2.75, 3.05) is 0 Å². The summed E-state index contributed by atoms with van der Waals surface area (Å²) < 4.78 is 5.17. The SMILES string of the molecule is C[Si](C)(C)c1cc(C(=O)O)co1. The van der Waals surface area contributed by atoms with Crippen LogP contribution in [0.25, 0.3) is 0 Å². The maximum Gasteiger partial charge on any atom is 0.338 e. The van der Waals surface area contributed by atoms with Gasteiger partial charge in [0.25, 0.3) is 0 Å². The highest BCUT2D eigenvalue weighted by atomic mass is 28.3. The lowest BCUT2D eigenvalue weighted by atomic mass is 10.4. The number of carbonyl (C=O) groups is 1. The maximum atomic E-state index is 10.5. The van der Waals surface area contributed by atoms with Crippen molar-refractivity contribution in [2.24, 2.45) is 0 Å². The summed E-state index contributed by atoms with van der Waals surface area (Å²) in [6.07, 6.45) is 1.30. The van der Waals surface area contributed by atoms with E-state index < -0.39 is 14.0 Å². The minimum absolute atomic E-state index is 0.243. The Morgan fingerprint density at radius 3 is 2.33 bits per heavy atom. The van der Waals surface area contributed by atoms with Gasteiger partial charge in [0, 0.05) is 0 Å². The van der Waals surface area contributed by atoms with E-state index in [1.54, 1.807) is 6.07 Å². The highest BCUT2D eigenvalue weighted by Crippen LogP contribution is 2.06. The van der Waals surface area contributed by atoms with Gasteiger partial charge < -0.3 is 9.52 Å². The van der Waals surface area contributed by atoms with Crippen LogP contribution in [-0.4, -0.2) is 19.1 Å². The van der Waals surface area contributed by atoms with Gasteiger partial charge in [-0.15, -0.1) is 0 Å². The number of rotatable bonds is 2. The molecule has 12 heavy (non-hydrogen) atoms. The van der Waals surface area contributed by atoms with Gasteiger partial charge in [0.1, 0.15) is 14.3 Å². The zero-order valence-corrected chi connectivity index (χ0v) is 8.42. The lowest BCUT2D eigenvalue weighted by molar-refractivity contribution is 0.0696. The van der Waals surface area contributed by atoms with Crippen molar-refractivity contribution < 1.29 is 14.3 Å². The van der Waals surface area contributed by atoms with E-state index in [1.807, 2.05) is 0 Å². The first-order valence-electron chi connectivity index (χ1n) is 3.73. The molecule has 0 aliphatic rings. The van der Waals surface area contributed by atoms with Crippen LogP contribution >= 0.6 is 0 Å². The molecule has 1 heterocycles. The number of furan rings is 1. The van der Waals surface area contributed by atoms with Gasteiger partial charge in [0.2, 0.25) is 0 Å². The van der Waals surface area contributed by atoms with Crippen LogP contribution in [0, 0.1) is 0 Å². The number of carboxylic acid groups (broad SMARTS) is 1. The highest BCUT2D eigenvalue weighted by molar-refractivity contribution is 6.87. The standard InChI is InChI=1S/C8H12O3Si/c1-12(2,3)7-4-6(5-11-7)8(9)10/h4-5H,1-3H3,(H,9,10). The summed E-state index contributed by atoms with van der Waals surface area (Å²) in [4.78, 5) is 10.5. The average molecular weight is 184 g/mol. The van der Waals surface area contributed by atoms with Crippen LogP contribution < -0.4 is 5.38 Å². The normalized spacial score (nSPS) is 11.6. The van der Waals surface area contributed by atoms with Crippen molar-refractivity contribution in [3.63, 3.8) is 0 Å². The summed E-state index contributed by atoms with van der Waals surface area (Å²) >= 11 is 0. The molecule has 0 aliphatic heterocycles. The lowest BCUT2D eigenvalue weighted by Gasteiger charge is -2.10. The number of aromatic carboxylic acids is 1. The van der Waals surface area contributed by atoms with Crippen molar-refractivity contribution in [1.82, 2.24) is 0 Å². The fourth-order valence-electron chi connectivity index (χ4n) is 0.842. The molecule has 1 N–H and O–H groups in total. The largest absolute Gasteiger partial charge is 0.478 e. The minimum atomic E-state index is -1.49. The van der Waals surface area contributed by atoms with E-state index in [0.29, 0.717) is 0 Å². The zero-order valence-electron chi connectivity index (χ0n) is 7.42. The highest BCUT2D eigenvalue weighted by Gasteiger charge is 2.22. The van der Waals surface area contributed by atoms with E-state index in [9.17, 15) is 4.79 Å². The van der Waals surface area contributed by atoms with Crippen LogP contribution in [0.1, 0.15) is 10.4 Å². The summed E-state index contributed by atoms with van der Waals surface area (Å²) in [6, 6.07) is 1.62. The first kappa shape index (κ1) is 9.06. The molecule has 0 radical (unpaired) electrons. The average Bonchev–Trinajstić information content (AvgIpc) is 2.30. The number of hydrogen-bond acceptors (Lipinski definition) is 2. The maximum absolute atomic E-state index is 10.5. The topological polar surface area (TPSA) is 50.4 Å². The second kappa shape index (κ2) is 2.78. The van der Waals surface area contributed by atoms with E-state index in [1.165, 1.54) is 6.26 Å². The Balaban J connectivity index is 3.00. The fourth-order valence-corrected chi connectivity index (χ4v) is 1.84. The van der Waals surface area contributed by atoms with Crippen molar-refractivity contribution in [3.05, 3.63) is 17.9 Å². The molecule has 1 aromatic heterocycles. The summed E-state index contributed by atoms with van der Waals surface area (Å²) in [5, 5.41) is 9.45. The van der Waals surface area contributed by atoms with Crippen molar-refractivity contribution in [1.29, 1.82) is 0 Å². The van der Waals surface area contributed by atoms with Crippen LogP contribution in [0.15, 0.2) is 16.7 Å². The Hall–Kier alpha value is -1.03. The molecule has 3 nitrogen and oxygen atoms in total. The third-order valence-corrected chi connectivity index (χ3v) is 3.33. The van der Waals surface area contributed by atoms with Crippen LogP contribution in [0.3, 0.4) is 0 Å². The van der Waals surface area contributed by atoms with Crippen LogP contribution in [0.4, 0.5) is 0 Å². The van der Waals surface area contributed by atoms with Gasteiger partial charge in [-0.25, -0.2) is 4.79 Å². The van der Waals surface area contributed by atoms with Gasteiger partial charge in [-0.2, -0.15) is 0 Å². The van der Waals surface area contributed by atoms with Crippen molar-refractivity contribution in [3.8, 4) is 0 Å². The molecule has 66 valence electrons. The summed E-state index contributed by atoms with van der Waals surface area (Å²) in [5.74, 6) is -0.928. The first-order valence-corrected chi connectivity index (χ1v) is 7.23. The molecule has 1 rings (SSSR count). The number of carboxylic acids is 1. The molecule has 0 bridgehead atoms. The smallest absolute Gasteiger partial charge is 0.338 e. The molecule has 1 aromatic rings.